The number of piperidine rings is 2. The number of aromatic nitrogens is 2. The maximum Gasteiger partial charge on any atom is 0.326 e. The third kappa shape index (κ3) is 4.65. The maximum absolute atomic E-state index is 12.5. The number of imidazole rings is 1. The number of likely N-dealkylation sites (tertiary alicyclic amines) is 2. The zero-order chi connectivity index (χ0) is 23.0. The van der Waals surface area contributed by atoms with Gasteiger partial charge in [0, 0.05) is 38.0 Å². The molecule has 3 heterocycles. The van der Waals surface area contributed by atoms with Gasteiger partial charge in [-0.05, 0) is 62.5 Å². The molecule has 2 fully saturated rings. The summed E-state index contributed by atoms with van der Waals surface area (Å²) in [5.41, 5.74) is 2.80. The van der Waals surface area contributed by atoms with Gasteiger partial charge in [-0.25, -0.2) is 13.2 Å². The lowest BCUT2D eigenvalue weighted by molar-refractivity contribution is 0.0767. The van der Waals surface area contributed by atoms with Gasteiger partial charge in [0.25, 0.3) is 0 Å². The molecule has 0 atom stereocenters. The highest BCUT2D eigenvalue weighted by Crippen LogP contribution is 2.29. The average Bonchev–Trinajstić information content (AvgIpc) is 3.15. The van der Waals surface area contributed by atoms with Crippen molar-refractivity contribution >= 4 is 20.9 Å². The summed E-state index contributed by atoms with van der Waals surface area (Å²) in [4.78, 5) is 20.9. The fourth-order valence-corrected chi connectivity index (χ4v) is 6.56. The van der Waals surface area contributed by atoms with Crippen LogP contribution in [0.25, 0.3) is 11.0 Å². The predicted molar refractivity (Wildman–Crippen MR) is 130 cm³/mol. The van der Waals surface area contributed by atoms with Crippen LogP contribution in [0.4, 0.5) is 0 Å². The SMILES string of the molecule is CS(=O)(=O)c1ccccc1CN1CCC(N2CCC(n3c(=O)[nH]c4ccccc43)CC2)CC1. The van der Waals surface area contributed by atoms with Gasteiger partial charge in [0.15, 0.2) is 9.84 Å². The van der Waals surface area contributed by atoms with Gasteiger partial charge in [-0.15, -0.1) is 0 Å². The predicted octanol–water partition coefficient (Wildman–Crippen LogP) is 3.03. The van der Waals surface area contributed by atoms with Crippen LogP contribution in [0.15, 0.2) is 58.2 Å². The van der Waals surface area contributed by atoms with Crippen LogP contribution < -0.4 is 5.69 Å². The lowest BCUT2D eigenvalue weighted by Crippen LogP contribution is -2.48. The van der Waals surface area contributed by atoms with Crippen LogP contribution in [0, 0.1) is 0 Å². The van der Waals surface area contributed by atoms with Crippen LogP contribution in [0.5, 0.6) is 0 Å². The molecule has 2 aliphatic rings. The molecule has 0 bridgehead atoms. The lowest BCUT2D eigenvalue weighted by atomic mass is 9.97. The topological polar surface area (TPSA) is 78.4 Å². The molecule has 0 amide bonds. The number of sulfone groups is 1. The van der Waals surface area contributed by atoms with Gasteiger partial charge in [0.05, 0.1) is 15.9 Å². The van der Waals surface area contributed by atoms with Crippen molar-refractivity contribution in [1.82, 2.24) is 19.4 Å². The first-order valence-corrected chi connectivity index (χ1v) is 13.7. The molecule has 3 aromatic rings. The molecule has 176 valence electrons. The number of nitrogens with one attached hydrogen (secondary N) is 1. The summed E-state index contributed by atoms with van der Waals surface area (Å²) in [6, 6.07) is 16.1. The van der Waals surface area contributed by atoms with Gasteiger partial charge in [-0.3, -0.25) is 9.47 Å². The van der Waals surface area contributed by atoms with Crippen molar-refractivity contribution in [1.29, 1.82) is 0 Å². The fraction of sp³-hybridized carbons (Fsp3) is 0.480. The molecular formula is C25H32N4O3S. The van der Waals surface area contributed by atoms with Crippen LogP contribution in [-0.4, -0.2) is 66.2 Å². The van der Waals surface area contributed by atoms with E-state index < -0.39 is 9.84 Å². The highest BCUT2D eigenvalue weighted by atomic mass is 32.2. The van der Waals surface area contributed by atoms with E-state index in [1.165, 1.54) is 6.26 Å². The van der Waals surface area contributed by atoms with Crippen LogP contribution in [-0.2, 0) is 16.4 Å². The van der Waals surface area contributed by atoms with E-state index in [4.69, 9.17) is 0 Å². The molecule has 0 radical (unpaired) electrons. The molecule has 5 rings (SSSR count). The summed E-state index contributed by atoms with van der Waals surface area (Å²) in [6.45, 7) is 4.66. The van der Waals surface area contributed by atoms with E-state index >= 15 is 0 Å². The van der Waals surface area contributed by atoms with E-state index in [1.54, 1.807) is 12.1 Å². The third-order valence-corrected chi connectivity index (χ3v) is 8.52. The Morgan fingerprint density at radius 3 is 2.24 bits per heavy atom. The molecule has 8 heteroatoms. The first-order valence-electron chi connectivity index (χ1n) is 11.8. The number of benzene rings is 2. The Labute approximate surface area is 194 Å². The van der Waals surface area contributed by atoms with Gasteiger partial charge in [0.1, 0.15) is 0 Å². The number of rotatable bonds is 5. The highest BCUT2D eigenvalue weighted by Gasteiger charge is 2.30. The summed E-state index contributed by atoms with van der Waals surface area (Å²) in [5.74, 6) is 0. The van der Waals surface area contributed by atoms with E-state index in [0.29, 0.717) is 17.5 Å². The standard InChI is InChI=1S/C25H32N4O3S/c1-33(31,32)24-9-5-2-6-19(24)18-27-14-10-20(11-15-27)28-16-12-21(13-17-28)29-23-8-4-3-7-22(23)26-25(29)30/h2-9,20-21H,10-18H2,1H3,(H,26,30). The van der Waals surface area contributed by atoms with Crippen LogP contribution in [0.3, 0.4) is 0 Å². The molecule has 1 N–H and O–H groups in total. The second-order valence-electron chi connectivity index (χ2n) is 9.47. The number of para-hydroxylation sites is 2. The molecule has 2 aliphatic heterocycles. The maximum atomic E-state index is 12.5. The van der Waals surface area contributed by atoms with Crippen LogP contribution in [0.2, 0.25) is 0 Å². The number of fused-ring (bicyclic) bond motifs is 1. The van der Waals surface area contributed by atoms with Gasteiger partial charge < -0.3 is 9.88 Å². The second kappa shape index (κ2) is 9.08. The number of hydrogen-bond acceptors (Lipinski definition) is 5. The van der Waals surface area contributed by atoms with Crippen molar-refractivity contribution in [2.45, 2.75) is 49.2 Å². The second-order valence-corrected chi connectivity index (χ2v) is 11.5. The van der Waals surface area contributed by atoms with E-state index in [-0.39, 0.29) is 11.7 Å². The normalized spacial score (nSPS) is 19.9. The Kier molecular flexibility index (Phi) is 6.16. The minimum Gasteiger partial charge on any atom is -0.306 e. The van der Waals surface area contributed by atoms with Gasteiger partial charge in [0.2, 0.25) is 0 Å². The molecule has 0 spiro atoms. The van der Waals surface area contributed by atoms with Gasteiger partial charge >= 0.3 is 5.69 Å². The van der Waals surface area contributed by atoms with Gasteiger partial charge in [-0.1, -0.05) is 30.3 Å². The van der Waals surface area contributed by atoms with E-state index in [2.05, 4.69) is 14.8 Å². The minimum absolute atomic E-state index is 0.00247. The Bertz CT molecular complexity index is 1280. The summed E-state index contributed by atoms with van der Waals surface area (Å²) < 4.78 is 26.2. The molecule has 0 saturated carbocycles. The minimum atomic E-state index is -3.21. The fourth-order valence-electron chi connectivity index (χ4n) is 5.63. The zero-order valence-corrected chi connectivity index (χ0v) is 19.9. The van der Waals surface area contributed by atoms with Crippen molar-refractivity contribution in [3.8, 4) is 0 Å². The Morgan fingerprint density at radius 2 is 1.52 bits per heavy atom. The first kappa shape index (κ1) is 22.4. The molecule has 2 saturated heterocycles. The van der Waals surface area contributed by atoms with E-state index in [0.717, 1.165) is 68.5 Å². The summed E-state index contributed by atoms with van der Waals surface area (Å²) >= 11 is 0. The lowest BCUT2D eigenvalue weighted by Gasteiger charge is -2.42. The summed E-state index contributed by atoms with van der Waals surface area (Å²) in [7, 11) is -3.21. The molecule has 0 unspecified atom stereocenters. The van der Waals surface area contributed by atoms with Gasteiger partial charge in [-0.2, -0.15) is 0 Å². The van der Waals surface area contributed by atoms with Crippen LogP contribution in [0.1, 0.15) is 37.3 Å². The number of hydrogen-bond donors (Lipinski definition) is 1. The molecule has 2 aromatic carbocycles. The number of H-pyrrole nitrogens is 1. The van der Waals surface area contributed by atoms with Crippen molar-refractivity contribution < 1.29 is 8.42 Å². The largest absolute Gasteiger partial charge is 0.326 e. The molecule has 1 aromatic heterocycles. The van der Waals surface area contributed by atoms with Crippen molar-refractivity contribution in [3.63, 3.8) is 0 Å². The summed E-state index contributed by atoms with van der Waals surface area (Å²) in [5, 5.41) is 0. The quantitative estimate of drug-likeness (QED) is 0.623. The Balaban J connectivity index is 1.17. The molecule has 7 nitrogen and oxygen atoms in total. The number of nitrogens with zero attached hydrogens (tertiary/aromatic N) is 3. The Hall–Kier alpha value is -2.42. The van der Waals surface area contributed by atoms with Crippen molar-refractivity contribution in [3.05, 3.63) is 64.6 Å². The molecule has 0 aliphatic carbocycles. The van der Waals surface area contributed by atoms with Crippen LogP contribution >= 0.6 is 0 Å². The molecule has 33 heavy (non-hydrogen) atoms. The first-order chi connectivity index (χ1) is 15.9. The smallest absolute Gasteiger partial charge is 0.306 e. The van der Waals surface area contributed by atoms with E-state index in [1.807, 2.05) is 41.0 Å². The molecular weight excluding hydrogens is 436 g/mol. The zero-order valence-electron chi connectivity index (χ0n) is 19.1. The van der Waals surface area contributed by atoms with Crippen molar-refractivity contribution in [2.24, 2.45) is 0 Å². The highest BCUT2D eigenvalue weighted by molar-refractivity contribution is 7.90. The third-order valence-electron chi connectivity index (χ3n) is 7.33. The average molecular weight is 469 g/mol. The van der Waals surface area contributed by atoms with Crippen molar-refractivity contribution in [2.75, 3.05) is 32.4 Å². The number of aromatic amines is 1. The van der Waals surface area contributed by atoms with E-state index in [9.17, 15) is 13.2 Å². The monoisotopic (exact) mass is 468 g/mol. The summed E-state index contributed by atoms with van der Waals surface area (Å²) in [6.07, 6.45) is 5.46. The Morgan fingerprint density at radius 1 is 0.879 bits per heavy atom.